The van der Waals surface area contributed by atoms with Gasteiger partial charge in [-0.3, -0.25) is 4.79 Å². The Labute approximate surface area is 118 Å². The van der Waals surface area contributed by atoms with Crippen molar-refractivity contribution in [2.45, 2.75) is 13.3 Å². The first-order valence-electron chi connectivity index (χ1n) is 5.98. The van der Waals surface area contributed by atoms with Gasteiger partial charge in [-0.2, -0.15) is 0 Å². The van der Waals surface area contributed by atoms with Crippen molar-refractivity contribution in [3.63, 3.8) is 0 Å². The number of hydrogen-bond donors (Lipinski definition) is 2. The van der Waals surface area contributed by atoms with Gasteiger partial charge in [0.25, 0.3) is 0 Å². The van der Waals surface area contributed by atoms with Crippen molar-refractivity contribution >= 4 is 23.1 Å². The lowest BCUT2D eigenvalue weighted by molar-refractivity contribution is -0.121. The molecular weight excluding hydrogens is 264 g/mol. The predicted molar refractivity (Wildman–Crippen MR) is 77.7 cm³/mol. The number of carbonyl (C=O) groups excluding carboxylic acids is 1. The summed E-state index contributed by atoms with van der Waals surface area (Å²) in [6, 6.07) is 5.24. The Hall–Kier alpha value is -1.82. The van der Waals surface area contributed by atoms with Gasteiger partial charge in [0.05, 0.1) is 19.6 Å². The van der Waals surface area contributed by atoms with Crippen molar-refractivity contribution in [3.8, 4) is 11.5 Å². The third-order valence-electron chi connectivity index (χ3n) is 2.39. The highest BCUT2D eigenvalue weighted by molar-refractivity contribution is 7.80. The molecule has 0 fully saturated rings. The summed E-state index contributed by atoms with van der Waals surface area (Å²) in [6.45, 7) is 2.67. The molecule has 0 aliphatic rings. The predicted octanol–water partition coefficient (Wildman–Crippen LogP) is 1.23. The van der Waals surface area contributed by atoms with Crippen LogP contribution in [-0.2, 0) is 4.79 Å². The van der Waals surface area contributed by atoms with Crippen LogP contribution in [0.4, 0.5) is 0 Å². The van der Waals surface area contributed by atoms with Crippen LogP contribution in [0.2, 0.25) is 0 Å². The lowest BCUT2D eigenvalue weighted by atomic mass is 10.2. The van der Waals surface area contributed by atoms with Gasteiger partial charge in [0.2, 0.25) is 5.91 Å². The molecule has 3 N–H and O–H groups in total. The summed E-state index contributed by atoms with van der Waals surface area (Å²) in [7, 11) is 1.59. The number of nitrogens with two attached hydrogens (primary N) is 1. The van der Waals surface area contributed by atoms with Crippen molar-refractivity contribution in [2.24, 2.45) is 5.73 Å². The lowest BCUT2D eigenvalue weighted by Crippen LogP contribution is -2.20. The van der Waals surface area contributed by atoms with E-state index in [2.05, 4.69) is 5.32 Å². The number of ether oxygens (including phenoxy) is 2. The fourth-order valence-corrected chi connectivity index (χ4v) is 1.55. The third-order valence-corrected chi connectivity index (χ3v) is 2.63. The maximum absolute atomic E-state index is 11.1. The molecule has 5 nitrogen and oxygen atoms in total. The Bertz CT molecular complexity index is 463. The van der Waals surface area contributed by atoms with E-state index < -0.39 is 0 Å². The van der Waals surface area contributed by atoms with Crippen molar-refractivity contribution < 1.29 is 14.3 Å². The highest BCUT2D eigenvalue weighted by Crippen LogP contribution is 2.28. The van der Waals surface area contributed by atoms with Gasteiger partial charge in [-0.25, -0.2) is 0 Å². The summed E-state index contributed by atoms with van der Waals surface area (Å²) < 4.78 is 11.0. The number of nitrogens with one attached hydrogen (secondary N) is 1. The van der Waals surface area contributed by atoms with E-state index in [1.165, 1.54) is 0 Å². The Balaban J connectivity index is 2.75. The van der Waals surface area contributed by atoms with Crippen molar-refractivity contribution in [3.05, 3.63) is 23.8 Å². The fraction of sp³-hybridized carbons (Fsp3) is 0.385. The topological polar surface area (TPSA) is 73.6 Å². The van der Waals surface area contributed by atoms with E-state index in [-0.39, 0.29) is 12.5 Å². The molecule has 19 heavy (non-hydrogen) atoms. The Kier molecular flexibility index (Phi) is 6.08. The number of carbonyl (C=O) groups is 1. The molecule has 1 aromatic rings. The molecular formula is C13H18N2O3S. The summed E-state index contributed by atoms with van der Waals surface area (Å²) in [4.78, 5) is 11.4. The Morgan fingerprint density at radius 1 is 1.37 bits per heavy atom. The number of benzene rings is 1. The normalized spacial score (nSPS) is 9.79. The van der Waals surface area contributed by atoms with Crippen LogP contribution in [-0.4, -0.2) is 31.2 Å². The molecule has 0 spiro atoms. The lowest BCUT2D eigenvalue weighted by Gasteiger charge is -2.12. The van der Waals surface area contributed by atoms with E-state index in [0.29, 0.717) is 29.5 Å². The highest BCUT2D eigenvalue weighted by Gasteiger charge is 2.08. The number of rotatable bonds is 7. The van der Waals surface area contributed by atoms with Gasteiger partial charge in [-0.1, -0.05) is 12.2 Å². The molecule has 0 aliphatic carbocycles. The van der Waals surface area contributed by atoms with Gasteiger partial charge in [0.1, 0.15) is 4.99 Å². The van der Waals surface area contributed by atoms with Crippen LogP contribution >= 0.6 is 12.2 Å². The van der Waals surface area contributed by atoms with E-state index >= 15 is 0 Å². The second-order valence-corrected chi connectivity index (χ2v) is 4.17. The summed E-state index contributed by atoms with van der Waals surface area (Å²) in [5.41, 5.74) is 6.29. The largest absolute Gasteiger partial charge is 0.490 e. The number of thiocarbonyl (C=S) groups is 1. The SMILES string of the molecule is CCOc1cc(C(N)=S)ccc1OCCC(=O)NC. The molecule has 1 aromatic carbocycles. The van der Waals surface area contributed by atoms with E-state index in [9.17, 15) is 4.79 Å². The zero-order valence-electron chi connectivity index (χ0n) is 11.1. The standard InChI is InChI=1S/C13H18N2O3S/c1-3-17-11-8-9(13(14)19)4-5-10(11)18-7-6-12(16)15-2/h4-5,8H,3,6-7H2,1-2H3,(H2,14,19)(H,15,16). The minimum Gasteiger partial charge on any atom is -0.490 e. The summed E-state index contributed by atoms with van der Waals surface area (Å²) >= 11 is 4.91. The Morgan fingerprint density at radius 3 is 2.68 bits per heavy atom. The van der Waals surface area contributed by atoms with Gasteiger partial charge < -0.3 is 20.5 Å². The average molecular weight is 282 g/mol. The monoisotopic (exact) mass is 282 g/mol. The summed E-state index contributed by atoms with van der Waals surface area (Å²) in [6.07, 6.45) is 0.291. The molecule has 0 saturated carbocycles. The molecule has 6 heteroatoms. The van der Waals surface area contributed by atoms with Crippen LogP contribution in [0.25, 0.3) is 0 Å². The molecule has 0 bridgehead atoms. The van der Waals surface area contributed by atoms with Crippen molar-refractivity contribution in [2.75, 3.05) is 20.3 Å². The summed E-state index contributed by atoms with van der Waals surface area (Å²) in [5.74, 6) is 1.08. The maximum atomic E-state index is 11.1. The van der Waals surface area contributed by atoms with E-state index in [0.717, 1.165) is 5.56 Å². The molecule has 1 rings (SSSR count). The first-order valence-corrected chi connectivity index (χ1v) is 6.39. The third kappa shape index (κ3) is 4.75. The summed E-state index contributed by atoms with van der Waals surface area (Å²) in [5, 5.41) is 2.53. The molecule has 0 saturated heterocycles. The number of hydrogen-bond acceptors (Lipinski definition) is 4. The average Bonchev–Trinajstić information content (AvgIpc) is 2.40. The number of amides is 1. The first kappa shape index (κ1) is 15.2. The van der Waals surface area contributed by atoms with Crippen LogP contribution in [0.15, 0.2) is 18.2 Å². The van der Waals surface area contributed by atoms with Gasteiger partial charge in [0, 0.05) is 12.6 Å². The van der Waals surface area contributed by atoms with Crippen LogP contribution in [0.5, 0.6) is 11.5 Å². The second-order valence-electron chi connectivity index (χ2n) is 3.73. The molecule has 0 aliphatic heterocycles. The molecule has 104 valence electrons. The van der Waals surface area contributed by atoms with Crippen molar-refractivity contribution in [1.29, 1.82) is 0 Å². The van der Waals surface area contributed by atoms with Crippen LogP contribution in [0, 0.1) is 0 Å². The first-order chi connectivity index (χ1) is 9.08. The molecule has 0 atom stereocenters. The second kappa shape index (κ2) is 7.58. The zero-order chi connectivity index (χ0) is 14.3. The van der Waals surface area contributed by atoms with Gasteiger partial charge >= 0.3 is 0 Å². The highest BCUT2D eigenvalue weighted by atomic mass is 32.1. The zero-order valence-corrected chi connectivity index (χ0v) is 11.9. The van der Waals surface area contributed by atoms with E-state index in [4.69, 9.17) is 27.4 Å². The molecule has 1 amide bonds. The van der Waals surface area contributed by atoms with Crippen molar-refractivity contribution in [1.82, 2.24) is 5.32 Å². The Morgan fingerprint density at radius 2 is 2.11 bits per heavy atom. The van der Waals surface area contributed by atoms with Gasteiger partial charge in [0.15, 0.2) is 11.5 Å². The van der Waals surface area contributed by atoms with E-state index in [1.54, 1.807) is 25.2 Å². The smallest absolute Gasteiger partial charge is 0.223 e. The molecule has 0 aromatic heterocycles. The van der Waals surface area contributed by atoms with Gasteiger partial charge in [-0.05, 0) is 25.1 Å². The van der Waals surface area contributed by atoms with Crippen LogP contribution in [0.3, 0.4) is 0 Å². The molecule has 0 radical (unpaired) electrons. The minimum absolute atomic E-state index is 0.0716. The molecule has 0 heterocycles. The van der Waals surface area contributed by atoms with Crippen LogP contribution in [0.1, 0.15) is 18.9 Å². The quantitative estimate of drug-likeness (QED) is 0.736. The van der Waals surface area contributed by atoms with Gasteiger partial charge in [-0.15, -0.1) is 0 Å². The minimum atomic E-state index is -0.0716. The van der Waals surface area contributed by atoms with Crippen LogP contribution < -0.4 is 20.5 Å². The maximum Gasteiger partial charge on any atom is 0.223 e. The fourth-order valence-electron chi connectivity index (χ4n) is 1.43. The molecule has 0 unspecified atom stereocenters. The van der Waals surface area contributed by atoms with E-state index in [1.807, 2.05) is 6.92 Å².